The Morgan fingerprint density at radius 1 is 1.21 bits per heavy atom. The zero-order chi connectivity index (χ0) is 20.3. The monoisotopic (exact) mass is 577 g/mol. The predicted octanol–water partition coefficient (Wildman–Crippen LogP) is 4.14. The van der Waals surface area contributed by atoms with Crippen molar-refractivity contribution in [3.05, 3.63) is 53.4 Å². The summed E-state index contributed by atoms with van der Waals surface area (Å²) in [6, 6.07) is 6.21. The molecule has 0 bridgehead atoms. The molecule has 1 aliphatic rings. The van der Waals surface area contributed by atoms with Crippen molar-refractivity contribution < 1.29 is 23.9 Å². The Morgan fingerprint density at radius 3 is 2.50 bits per heavy atom. The first-order valence-corrected chi connectivity index (χ1v) is 9.90. The second-order valence-electron chi connectivity index (χ2n) is 5.30. The van der Waals surface area contributed by atoms with Crippen LogP contribution in [0, 0.1) is 10.1 Å². The van der Waals surface area contributed by atoms with Crippen LogP contribution < -0.4 is 19.6 Å². The van der Waals surface area contributed by atoms with Crippen molar-refractivity contribution >= 4 is 65.6 Å². The van der Waals surface area contributed by atoms with Crippen LogP contribution in [0.2, 0.25) is 0 Å². The first-order valence-electron chi connectivity index (χ1n) is 7.52. The van der Waals surface area contributed by atoms with Gasteiger partial charge in [-0.15, -0.1) is 0 Å². The summed E-state index contributed by atoms with van der Waals surface area (Å²) >= 11 is 10.0. The lowest BCUT2D eigenvalue weighted by Crippen LogP contribution is -2.24. The largest absolute Gasteiger partial charge is 0.481 e. The Labute approximate surface area is 183 Å². The summed E-state index contributed by atoms with van der Waals surface area (Å²) in [7, 11) is 0. The third-order valence-corrected chi connectivity index (χ3v) is 5.06. The van der Waals surface area contributed by atoms with Gasteiger partial charge in [-0.25, -0.2) is 5.43 Å². The van der Waals surface area contributed by atoms with Crippen LogP contribution in [0.15, 0.2) is 42.8 Å². The number of rotatable bonds is 6. The Balaban J connectivity index is 1.64. The number of carbonyl (C=O) groups excluding carboxylic acids is 1. The average molecular weight is 580 g/mol. The lowest BCUT2D eigenvalue weighted by Gasteiger charge is -2.09. The average Bonchev–Trinajstić information content (AvgIpc) is 3.07. The molecule has 1 N–H and O–H groups in total. The van der Waals surface area contributed by atoms with Gasteiger partial charge in [-0.05, 0) is 50.1 Å². The van der Waals surface area contributed by atoms with Crippen LogP contribution in [0.1, 0.15) is 5.56 Å². The highest BCUT2D eigenvalue weighted by molar-refractivity contribution is 9.11. The number of hydrazone groups is 1. The second-order valence-corrected chi connectivity index (χ2v) is 7.93. The van der Waals surface area contributed by atoms with Gasteiger partial charge in [0, 0.05) is 4.47 Å². The molecule has 2 aromatic rings. The van der Waals surface area contributed by atoms with Crippen LogP contribution in [-0.4, -0.2) is 30.4 Å². The number of fused-ring (bicyclic) bond motifs is 1. The molecule has 0 saturated carbocycles. The normalized spacial score (nSPS) is 12.2. The number of ether oxygens (including phenoxy) is 3. The number of benzene rings is 2. The van der Waals surface area contributed by atoms with Crippen molar-refractivity contribution in [1.82, 2.24) is 5.43 Å². The fourth-order valence-electron chi connectivity index (χ4n) is 2.22. The fraction of sp³-hybridized carbons (Fsp3) is 0.125. The molecule has 3 rings (SSSR count). The molecule has 1 amide bonds. The molecule has 0 unspecified atom stereocenters. The fourth-order valence-corrected chi connectivity index (χ4v) is 4.71. The molecule has 0 spiro atoms. The number of amides is 1. The van der Waals surface area contributed by atoms with Crippen molar-refractivity contribution in [3.8, 4) is 17.2 Å². The van der Waals surface area contributed by atoms with Gasteiger partial charge in [-0.1, -0.05) is 15.9 Å². The highest BCUT2D eigenvalue weighted by Crippen LogP contribution is 2.37. The molecule has 0 fully saturated rings. The molecule has 0 saturated heterocycles. The maximum atomic E-state index is 11.9. The van der Waals surface area contributed by atoms with Crippen molar-refractivity contribution in [3.63, 3.8) is 0 Å². The first-order chi connectivity index (χ1) is 13.3. The minimum absolute atomic E-state index is 0.0116. The van der Waals surface area contributed by atoms with Crippen LogP contribution in [0.4, 0.5) is 5.69 Å². The van der Waals surface area contributed by atoms with Gasteiger partial charge < -0.3 is 14.2 Å². The van der Waals surface area contributed by atoms with Crippen LogP contribution in [0.3, 0.4) is 0 Å². The van der Waals surface area contributed by atoms with E-state index in [-0.39, 0.29) is 30.4 Å². The van der Waals surface area contributed by atoms with Crippen molar-refractivity contribution in [2.75, 3.05) is 13.4 Å². The molecule has 0 aromatic heterocycles. The third kappa shape index (κ3) is 4.80. The van der Waals surface area contributed by atoms with Crippen molar-refractivity contribution in [2.45, 2.75) is 0 Å². The summed E-state index contributed by atoms with van der Waals surface area (Å²) in [6.07, 6.45) is 1.16. The smallest absolute Gasteiger partial charge is 0.282 e. The number of carbonyl (C=O) groups is 1. The summed E-state index contributed by atoms with van der Waals surface area (Å²) in [6.45, 7) is -0.318. The minimum atomic E-state index is -0.573. The first kappa shape index (κ1) is 20.6. The van der Waals surface area contributed by atoms with Crippen LogP contribution >= 0.6 is 47.8 Å². The number of hydrogen-bond donors (Lipinski definition) is 1. The van der Waals surface area contributed by atoms with E-state index < -0.39 is 10.8 Å². The Morgan fingerprint density at radius 2 is 1.86 bits per heavy atom. The molecule has 0 aliphatic carbocycles. The van der Waals surface area contributed by atoms with E-state index in [0.717, 1.165) is 10.7 Å². The van der Waals surface area contributed by atoms with Gasteiger partial charge in [0.2, 0.25) is 6.79 Å². The molecular formula is C16H10Br3N3O6. The molecule has 2 aromatic carbocycles. The highest BCUT2D eigenvalue weighted by Gasteiger charge is 2.22. The van der Waals surface area contributed by atoms with Crippen LogP contribution in [0.25, 0.3) is 0 Å². The van der Waals surface area contributed by atoms with E-state index in [1.165, 1.54) is 12.1 Å². The number of halogens is 3. The number of nitro groups is 1. The maximum Gasteiger partial charge on any atom is 0.282 e. The topological polar surface area (TPSA) is 112 Å². The van der Waals surface area contributed by atoms with Crippen molar-refractivity contribution in [1.29, 1.82) is 0 Å². The van der Waals surface area contributed by atoms with Crippen LogP contribution in [0.5, 0.6) is 17.2 Å². The standard InChI is InChI=1S/C16H10Br3N3O6/c17-9-2-10(18)16(11(19)3-9)26-6-15(23)21-20-5-8-1-13-14(28-7-27-13)4-12(8)22(24)25/h1-5H,6-7H2,(H,21,23). The van der Waals surface area contributed by atoms with Gasteiger partial charge in [-0.3, -0.25) is 14.9 Å². The molecule has 9 nitrogen and oxygen atoms in total. The van der Waals surface area contributed by atoms with E-state index >= 15 is 0 Å². The summed E-state index contributed by atoms with van der Waals surface area (Å²) in [5.74, 6) is 0.564. The molecule has 12 heteroatoms. The molecule has 0 radical (unpaired) electrons. The SMILES string of the molecule is O=C(COc1c(Br)cc(Br)cc1Br)NN=Cc1cc2c(cc1[N+](=O)[O-])OCO2. The zero-order valence-electron chi connectivity index (χ0n) is 13.8. The molecule has 28 heavy (non-hydrogen) atoms. The van der Waals surface area contributed by atoms with E-state index in [1.54, 1.807) is 12.1 Å². The number of nitrogens with one attached hydrogen (secondary N) is 1. The molecule has 146 valence electrons. The number of hydrogen-bond acceptors (Lipinski definition) is 7. The van der Waals surface area contributed by atoms with Gasteiger partial charge in [0.1, 0.15) is 5.75 Å². The molecule has 0 atom stereocenters. The van der Waals surface area contributed by atoms with Gasteiger partial charge in [0.15, 0.2) is 18.1 Å². The van der Waals surface area contributed by atoms with E-state index in [0.29, 0.717) is 20.4 Å². The third-order valence-electron chi connectivity index (χ3n) is 3.42. The highest BCUT2D eigenvalue weighted by atomic mass is 79.9. The van der Waals surface area contributed by atoms with Crippen LogP contribution in [-0.2, 0) is 4.79 Å². The molecule has 1 heterocycles. The van der Waals surface area contributed by atoms with E-state index in [1.807, 2.05) is 0 Å². The quantitative estimate of drug-likeness (QED) is 0.313. The van der Waals surface area contributed by atoms with Gasteiger partial charge in [-0.2, -0.15) is 5.10 Å². The summed E-state index contributed by atoms with van der Waals surface area (Å²) < 4.78 is 17.9. The Bertz CT molecular complexity index is 959. The lowest BCUT2D eigenvalue weighted by molar-refractivity contribution is -0.385. The van der Waals surface area contributed by atoms with Gasteiger partial charge in [0.05, 0.1) is 31.7 Å². The van der Waals surface area contributed by atoms with E-state index in [2.05, 4.69) is 58.3 Å². The van der Waals surface area contributed by atoms with E-state index in [4.69, 9.17) is 14.2 Å². The minimum Gasteiger partial charge on any atom is -0.481 e. The molecule has 1 aliphatic heterocycles. The number of nitro benzene ring substituents is 1. The summed E-state index contributed by atoms with van der Waals surface area (Å²) in [5.41, 5.74) is 2.20. The Kier molecular flexibility index (Phi) is 6.52. The van der Waals surface area contributed by atoms with Gasteiger partial charge >= 0.3 is 0 Å². The second kappa shape index (κ2) is 8.88. The summed E-state index contributed by atoms with van der Waals surface area (Å²) in [5, 5.41) is 14.9. The summed E-state index contributed by atoms with van der Waals surface area (Å²) in [4.78, 5) is 22.6. The maximum absolute atomic E-state index is 11.9. The number of nitrogens with zero attached hydrogens (tertiary/aromatic N) is 2. The lowest BCUT2D eigenvalue weighted by atomic mass is 10.1. The Hall–Kier alpha value is -2.18. The molecular weight excluding hydrogens is 570 g/mol. The van der Waals surface area contributed by atoms with E-state index in [9.17, 15) is 14.9 Å². The van der Waals surface area contributed by atoms with Crippen molar-refractivity contribution in [2.24, 2.45) is 5.10 Å². The zero-order valence-corrected chi connectivity index (χ0v) is 18.5. The van der Waals surface area contributed by atoms with Gasteiger partial charge in [0.25, 0.3) is 11.6 Å². The predicted molar refractivity (Wildman–Crippen MR) is 110 cm³/mol.